The fraction of sp³-hybridized carbons (Fsp3) is 0.500. The van der Waals surface area contributed by atoms with E-state index in [-0.39, 0.29) is 5.54 Å². The molecular formula is C16H21BrN4O. The number of nitrogens with zero attached hydrogens (tertiary/aromatic N) is 3. The molecule has 2 aromatic rings. The van der Waals surface area contributed by atoms with Crippen molar-refractivity contribution >= 4 is 32.7 Å². The van der Waals surface area contributed by atoms with Gasteiger partial charge in [-0.05, 0) is 55.0 Å². The third-order valence-electron chi connectivity index (χ3n) is 4.52. The Kier molecular flexibility index (Phi) is 4.61. The molecule has 0 atom stereocenters. The fourth-order valence-corrected chi connectivity index (χ4v) is 3.26. The Bertz CT molecular complexity index is 656. The quantitative estimate of drug-likeness (QED) is 0.903. The van der Waals surface area contributed by atoms with Crippen LogP contribution in [0, 0.1) is 0 Å². The number of halogens is 1. The van der Waals surface area contributed by atoms with Crippen LogP contribution in [0.15, 0.2) is 29.0 Å². The zero-order chi connectivity index (χ0) is 15.6. The first kappa shape index (κ1) is 15.6. The van der Waals surface area contributed by atoms with Gasteiger partial charge in [0.2, 0.25) is 0 Å². The zero-order valence-corrected chi connectivity index (χ0v) is 14.6. The smallest absolute Gasteiger partial charge is 0.112 e. The number of ether oxygens (including phenoxy) is 1. The molecule has 118 valence electrons. The minimum atomic E-state index is 0.128. The number of hydrogen-bond acceptors (Lipinski definition) is 5. The summed E-state index contributed by atoms with van der Waals surface area (Å²) in [7, 11) is 4.29. The van der Waals surface area contributed by atoms with Crippen LogP contribution < -0.4 is 5.32 Å². The lowest BCUT2D eigenvalue weighted by Crippen LogP contribution is -2.53. The first-order valence-electron chi connectivity index (χ1n) is 7.50. The van der Waals surface area contributed by atoms with Crippen LogP contribution in [-0.2, 0) is 4.74 Å². The van der Waals surface area contributed by atoms with Crippen LogP contribution in [0.2, 0.25) is 0 Å². The van der Waals surface area contributed by atoms with Crippen LogP contribution in [0.1, 0.15) is 12.8 Å². The second-order valence-corrected chi connectivity index (χ2v) is 6.88. The summed E-state index contributed by atoms with van der Waals surface area (Å²) >= 11 is 3.44. The highest BCUT2D eigenvalue weighted by Gasteiger charge is 2.34. The van der Waals surface area contributed by atoms with E-state index in [2.05, 4.69) is 50.2 Å². The molecule has 3 heterocycles. The molecule has 6 heteroatoms. The summed E-state index contributed by atoms with van der Waals surface area (Å²) in [5, 5.41) is 3.58. The van der Waals surface area contributed by atoms with E-state index in [4.69, 9.17) is 4.74 Å². The highest BCUT2D eigenvalue weighted by Crippen LogP contribution is 2.28. The maximum absolute atomic E-state index is 5.53. The van der Waals surface area contributed by atoms with Crippen LogP contribution in [-0.4, -0.2) is 54.3 Å². The van der Waals surface area contributed by atoms with Crippen molar-refractivity contribution in [3.8, 4) is 0 Å². The van der Waals surface area contributed by atoms with Crippen LogP contribution in [0.4, 0.5) is 5.69 Å². The van der Waals surface area contributed by atoms with Gasteiger partial charge in [-0.3, -0.25) is 9.97 Å². The standard InChI is InChI=1S/C16H21BrN4O/c1-21(2)16(4-7-22-8-5-16)11-20-13-3-6-18-14-9-12(17)10-19-15(13)14/h3,6,9-10H,4-5,7-8,11H2,1-2H3,(H,18,20). The maximum atomic E-state index is 5.53. The second kappa shape index (κ2) is 6.48. The Morgan fingerprint density at radius 2 is 2.09 bits per heavy atom. The zero-order valence-electron chi connectivity index (χ0n) is 13.0. The Labute approximate surface area is 139 Å². The monoisotopic (exact) mass is 364 g/mol. The fourth-order valence-electron chi connectivity index (χ4n) is 2.94. The molecule has 0 aliphatic carbocycles. The predicted octanol–water partition coefficient (Wildman–Crippen LogP) is 2.92. The summed E-state index contributed by atoms with van der Waals surface area (Å²) in [4.78, 5) is 11.2. The van der Waals surface area contributed by atoms with Gasteiger partial charge in [0, 0.05) is 42.2 Å². The van der Waals surface area contributed by atoms with Crippen LogP contribution in [0.3, 0.4) is 0 Å². The van der Waals surface area contributed by atoms with E-state index in [9.17, 15) is 0 Å². The van der Waals surface area contributed by atoms with Gasteiger partial charge in [-0.25, -0.2) is 0 Å². The molecular weight excluding hydrogens is 344 g/mol. The largest absolute Gasteiger partial charge is 0.381 e. The van der Waals surface area contributed by atoms with E-state index in [1.54, 1.807) is 0 Å². The van der Waals surface area contributed by atoms with Gasteiger partial charge in [-0.1, -0.05) is 0 Å². The summed E-state index contributed by atoms with van der Waals surface area (Å²) in [5.74, 6) is 0. The summed E-state index contributed by atoms with van der Waals surface area (Å²) in [6.07, 6.45) is 5.71. The summed E-state index contributed by atoms with van der Waals surface area (Å²) < 4.78 is 6.47. The van der Waals surface area contributed by atoms with Gasteiger partial charge in [0.25, 0.3) is 0 Å². The van der Waals surface area contributed by atoms with Crippen molar-refractivity contribution < 1.29 is 4.74 Å². The molecule has 1 N–H and O–H groups in total. The van der Waals surface area contributed by atoms with Gasteiger partial charge in [-0.15, -0.1) is 0 Å². The Balaban J connectivity index is 1.83. The average molecular weight is 365 g/mol. The van der Waals surface area contributed by atoms with Gasteiger partial charge < -0.3 is 15.0 Å². The number of rotatable bonds is 4. The topological polar surface area (TPSA) is 50.3 Å². The first-order valence-corrected chi connectivity index (χ1v) is 8.29. The number of likely N-dealkylation sites (N-methyl/N-ethyl adjacent to an activating group) is 1. The molecule has 0 saturated carbocycles. The van der Waals surface area contributed by atoms with E-state index >= 15 is 0 Å². The Morgan fingerprint density at radius 1 is 1.32 bits per heavy atom. The predicted molar refractivity (Wildman–Crippen MR) is 92.2 cm³/mol. The van der Waals surface area contributed by atoms with E-state index in [0.717, 1.165) is 53.8 Å². The molecule has 5 nitrogen and oxygen atoms in total. The molecule has 3 rings (SSSR count). The third-order valence-corrected chi connectivity index (χ3v) is 4.96. The third kappa shape index (κ3) is 3.09. The van der Waals surface area contributed by atoms with Gasteiger partial charge >= 0.3 is 0 Å². The summed E-state index contributed by atoms with van der Waals surface area (Å²) in [6, 6.07) is 3.98. The molecule has 0 unspecified atom stereocenters. The molecule has 1 saturated heterocycles. The SMILES string of the molecule is CN(C)C1(CNc2ccnc3cc(Br)cnc23)CCOCC1. The van der Waals surface area contributed by atoms with Crippen molar-refractivity contribution in [2.24, 2.45) is 0 Å². The lowest BCUT2D eigenvalue weighted by atomic mass is 9.88. The molecule has 1 aliphatic rings. The van der Waals surface area contributed by atoms with Crippen molar-refractivity contribution in [2.45, 2.75) is 18.4 Å². The number of aromatic nitrogens is 2. The van der Waals surface area contributed by atoms with Crippen molar-refractivity contribution in [1.29, 1.82) is 0 Å². The number of fused-ring (bicyclic) bond motifs is 1. The lowest BCUT2D eigenvalue weighted by Gasteiger charge is -2.43. The lowest BCUT2D eigenvalue weighted by molar-refractivity contribution is -0.000616. The highest BCUT2D eigenvalue weighted by molar-refractivity contribution is 9.10. The van der Waals surface area contributed by atoms with Crippen LogP contribution in [0.25, 0.3) is 11.0 Å². The maximum Gasteiger partial charge on any atom is 0.112 e. The van der Waals surface area contributed by atoms with Gasteiger partial charge in [0.05, 0.1) is 11.2 Å². The molecule has 0 amide bonds. The van der Waals surface area contributed by atoms with Gasteiger partial charge in [0.1, 0.15) is 5.52 Å². The Morgan fingerprint density at radius 3 is 2.82 bits per heavy atom. The van der Waals surface area contributed by atoms with Crippen molar-refractivity contribution in [1.82, 2.24) is 14.9 Å². The molecule has 0 spiro atoms. The van der Waals surface area contributed by atoms with Gasteiger partial charge in [-0.2, -0.15) is 0 Å². The van der Waals surface area contributed by atoms with Crippen LogP contribution >= 0.6 is 15.9 Å². The van der Waals surface area contributed by atoms with E-state index in [1.807, 2.05) is 24.5 Å². The molecule has 0 aromatic carbocycles. The Hall–Kier alpha value is -1.24. The van der Waals surface area contributed by atoms with Crippen molar-refractivity contribution in [3.05, 3.63) is 29.0 Å². The first-order chi connectivity index (χ1) is 10.6. The number of anilines is 1. The molecule has 2 aromatic heterocycles. The van der Waals surface area contributed by atoms with Crippen molar-refractivity contribution in [3.63, 3.8) is 0 Å². The minimum Gasteiger partial charge on any atom is -0.381 e. The number of hydrogen-bond donors (Lipinski definition) is 1. The minimum absolute atomic E-state index is 0.128. The van der Waals surface area contributed by atoms with E-state index in [1.165, 1.54) is 0 Å². The second-order valence-electron chi connectivity index (χ2n) is 5.96. The van der Waals surface area contributed by atoms with E-state index < -0.39 is 0 Å². The van der Waals surface area contributed by atoms with Crippen molar-refractivity contribution in [2.75, 3.05) is 39.2 Å². The van der Waals surface area contributed by atoms with Crippen LogP contribution in [0.5, 0.6) is 0 Å². The number of pyridine rings is 2. The molecule has 1 aliphatic heterocycles. The summed E-state index contributed by atoms with van der Waals surface area (Å²) in [6.45, 7) is 2.52. The summed E-state index contributed by atoms with van der Waals surface area (Å²) in [5.41, 5.74) is 2.96. The molecule has 0 radical (unpaired) electrons. The number of nitrogens with one attached hydrogen (secondary N) is 1. The molecule has 1 fully saturated rings. The molecule has 0 bridgehead atoms. The highest BCUT2D eigenvalue weighted by atomic mass is 79.9. The molecule has 22 heavy (non-hydrogen) atoms. The average Bonchev–Trinajstić information content (AvgIpc) is 2.53. The normalized spacial score (nSPS) is 17.8. The van der Waals surface area contributed by atoms with Gasteiger partial charge in [0.15, 0.2) is 0 Å². The van der Waals surface area contributed by atoms with E-state index in [0.29, 0.717) is 0 Å².